The number of hydrogen-bond donors (Lipinski definition) is 1. The van der Waals surface area contributed by atoms with E-state index in [1.807, 2.05) is 35.7 Å². The summed E-state index contributed by atoms with van der Waals surface area (Å²) in [6, 6.07) is 9.76. The average molecular weight is 318 g/mol. The van der Waals surface area contributed by atoms with Crippen molar-refractivity contribution in [2.45, 2.75) is 13.2 Å². The molecule has 0 unspecified atom stereocenters. The van der Waals surface area contributed by atoms with Gasteiger partial charge in [-0.2, -0.15) is 4.68 Å². The smallest absolute Gasteiger partial charge is 0.390 e. The molecule has 0 atom stereocenters. The third kappa shape index (κ3) is 3.41. The molecule has 1 N–H and O–H groups in total. The number of thiazole rings is 1. The van der Waals surface area contributed by atoms with E-state index in [0.717, 1.165) is 16.5 Å². The summed E-state index contributed by atoms with van der Waals surface area (Å²) in [7, 11) is 1.51. The number of rotatable bonds is 6. The van der Waals surface area contributed by atoms with Crippen molar-refractivity contribution in [1.82, 2.24) is 14.8 Å². The second kappa shape index (κ2) is 6.54. The average Bonchev–Trinajstić information content (AvgIpc) is 3.08. The van der Waals surface area contributed by atoms with Crippen LogP contribution in [-0.2, 0) is 17.9 Å². The fourth-order valence-electron chi connectivity index (χ4n) is 1.87. The van der Waals surface area contributed by atoms with Gasteiger partial charge in [-0.05, 0) is 12.1 Å². The number of anilines is 2. The van der Waals surface area contributed by atoms with E-state index >= 15 is 0 Å². The molecule has 0 saturated heterocycles. The van der Waals surface area contributed by atoms with Crippen LogP contribution in [0.4, 0.5) is 10.8 Å². The number of nitrogens with zero attached hydrogens (tertiary/aromatic N) is 3. The van der Waals surface area contributed by atoms with E-state index in [2.05, 4.69) is 15.4 Å². The molecule has 114 valence electrons. The number of hydrogen-bond acceptors (Lipinski definition) is 7. The van der Waals surface area contributed by atoms with Gasteiger partial charge in [-0.1, -0.05) is 18.2 Å². The van der Waals surface area contributed by atoms with E-state index in [0.29, 0.717) is 0 Å². The molecule has 0 aliphatic heterocycles. The fourth-order valence-corrected chi connectivity index (χ4v) is 2.59. The summed E-state index contributed by atoms with van der Waals surface area (Å²) in [4.78, 5) is 16.1. The van der Waals surface area contributed by atoms with Gasteiger partial charge >= 0.3 is 5.76 Å². The minimum Gasteiger partial charge on any atom is -0.390 e. The first-order chi connectivity index (χ1) is 10.7. The molecule has 0 fully saturated rings. The van der Waals surface area contributed by atoms with Gasteiger partial charge in [-0.25, -0.2) is 9.78 Å². The number of aromatic nitrogens is 3. The summed E-state index contributed by atoms with van der Waals surface area (Å²) in [6.45, 7) is 0.430. The second-order valence-corrected chi connectivity index (χ2v) is 5.35. The van der Waals surface area contributed by atoms with E-state index in [1.165, 1.54) is 23.1 Å². The fraction of sp³-hybridized carbons (Fsp3) is 0.214. The zero-order chi connectivity index (χ0) is 15.4. The molecule has 2 heterocycles. The Bertz CT molecular complexity index is 794. The standard InChI is InChI=1S/C14H14N4O3S/c1-20-8-12-17-18(14(19)21-12)7-11-9-22-13(16-11)15-10-5-3-2-4-6-10/h2-6,9H,7-8H2,1H3,(H,15,16). The molecule has 8 heteroatoms. The van der Waals surface area contributed by atoms with Gasteiger partial charge in [0.25, 0.3) is 0 Å². The van der Waals surface area contributed by atoms with Crippen molar-refractivity contribution in [3.05, 3.63) is 57.8 Å². The summed E-state index contributed by atoms with van der Waals surface area (Å²) < 4.78 is 11.1. The molecule has 3 aromatic rings. The highest BCUT2D eigenvalue weighted by Gasteiger charge is 2.10. The molecular formula is C14H14N4O3S. The van der Waals surface area contributed by atoms with Gasteiger partial charge in [0.15, 0.2) is 5.13 Å². The third-order valence-electron chi connectivity index (χ3n) is 2.80. The molecular weight excluding hydrogens is 304 g/mol. The number of nitrogens with one attached hydrogen (secondary N) is 1. The number of ether oxygens (including phenoxy) is 1. The van der Waals surface area contributed by atoms with Crippen LogP contribution in [0.3, 0.4) is 0 Å². The predicted octanol–water partition coefficient (Wildman–Crippen LogP) is 2.23. The minimum absolute atomic E-state index is 0.167. The molecule has 0 spiro atoms. The van der Waals surface area contributed by atoms with Gasteiger partial charge in [0.2, 0.25) is 5.89 Å². The van der Waals surface area contributed by atoms with E-state index < -0.39 is 5.76 Å². The Morgan fingerprint density at radius 3 is 2.95 bits per heavy atom. The first-order valence-electron chi connectivity index (χ1n) is 6.57. The molecule has 7 nitrogen and oxygen atoms in total. The monoisotopic (exact) mass is 318 g/mol. The molecule has 22 heavy (non-hydrogen) atoms. The maximum absolute atomic E-state index is 11.7. The van der Waals surface area contributed by atoms with Crippen LogP contribution >= 0.6 is 11.3 Å². The summed E-state index contributed by atoms with van der Waals surface area (Å²) in [6.07, 6.45) is 0. The lowest BCUT2D eigenvalue weighted by Crippen LogP contribution is -2.16. The van der Waals surface area contributed by atoms with Crippen LogP contribution in [-0.4, -0.2) is 21.9 Å². The Balaban J connectivity index is 1.70. The Kier molecular flexibility index (Phi) is 4.31. The lowest BCUT2D eigenvalue weighted by atomic mass is 10.3. The number of benzene rings is 1. The van der Waals surface area contributed by atoms with Crippen molar-refractivity contribution in [1.29, 1.82) is 0 Å². The van der Waals surface area contributed by atoms with Crippen molar-refractivity contribution in [3.63, 3.8) is 0 Å². The van der Waals surface area contributed by atoms with E-state index in [4.69, 9.17) is 9.15 Å². The summed E-state index contributed by atoms with van der Waals surface area (Å²) in [5, 5.41) is 9.89. The van der Waals surface area contributed by atoms with Crippen LogP contribution < -0.4 is 11.1 Å². The Morgan fingerprint density at radius 2 is 2.18 bits per heavy atom. The highest BCUT2D eigenvalue weighted by atomic mass is 32.1. The summed E-state index contributed by atoms with van der Waals surface area (Å²) in [5.74, 6) is -0.261. The van der Waals surface area contributed by atoms with Crippen molar-refractivity contribution < 1.29 is 9.15 Å². The highest BCUT2D eigenvalue weighted by Crippen LogP contribution is 2.20. The largest absolute Gasteiger partial charge is 0.437 e. The summed E-state index contributed by atoms with van der Waals surface area (Å²) in [5.41, 5.74) is 1.70. The van der Waals surface area contributed by atoms with Crippen LogP contribution in [0.5, 0.6) is 0 Å². The topological polar surface area (TPSA) is 82.2 Å². The molecule has 1 aromatic carbocycles. The van der Waals surface area contributed by atoms with E-state index in [9.17, 15) is 4.79 Å². The van der Waals surface area contributed by atoms with Crippen molar-refractivity contribution in [3.8, 4) is 0 Å². The van der Waals surface area contributed by atoms with E-state index in [1.54, 1.807) is 0 Å². The third-order valence-corrected chi connectivity index (χ3v) is 3.61. The maximum atomic E-state index is 11.7. The van der Waals surface area contributed by atoms with Crippen LogP contribution in [0.1, 0.15) is 11.6 Å². The zero-order valence-electron chi connectivity index (χ0n) is 11.9. The van der Waals surface area contributed by atoms with Gasteiger partial charge in [0, 0.05) is 18.2 Å². The lowest BCUT2D eigenvalue weighted by Gasteiger charge is -2.00. The molecule has 0 amide bonds. The first-order valence-corrected chi connectivity index (χ1v) is 7.45. The molecule has 0 saturated carbocycles. The van der Waals surface area contributed by atoms with Gasteiger partial charge in [-0.15, -0.1) is 16.4 Å². The Labute approximate surface area is 130 Å². The van der Waals surface area contributed by atoms with Gasteiger partial charge in [-0.3, -0.25) is 0 Å². The van der Waals surface area contributed by atoms with Gasteiger partial charge in [0.1, 0.15) is 6.61 Å². The molecule has 0 aliphatic carbocycles. The first kappa shape index (κ1) is 14.5. The quantitative estimate of drug-likeness (QED) is 0.750. The normalized spacial score (nSPS) is 10.8. The summed E-state index contributed by atoms with van der Waals surface area (Å²) >= 11 is 1.47. The SMILES string of the molecule is COCc1nn(Cc2csc(Nc3ccccc3)n2)c(=O)o1. The van der Waals surface area contributed by atoms with Crippen molar-refractivity contribution >= 4 is 22.2 Å². The van der Waals surface area contributed by atoms with Gasteiger partial charge < -0.3 is 14.5 Å². The molecule has 3 rings (SSSR count). The Morgan fingerprint density at radius 1 is 1.36 bits per heavy atom. The molecule has 2 aromatic heterocycles. The van der Waals surface area contributed by atoms with Crippen LogP contribution in [0.2, 0.25) is 0 Å². The predicted molar refractivity (Wildman–Crippen MR) is 82.4 cm³/mol. The maximum Gasteiger partial charge on any atom is 0.437 e. The highest BCUT2D eigenvalue weighted by molar-refractivity contribution is 7.13. The minimum atomic E-state index is -0.516. The second-order valence-electron chi connectivity index (χ2n) is 4.49. The van der Waals surface area contributed by atoms with Crippen LogP contribution in [0.15, 0.2) is 44.9 Å². The molecule has 0 bridgehead atoms. The van der Waals surface area contributed by atoms with Crippen molar-refractivity contribution in [2.75, 3.05) is 12.4 Å². The lowest BCUT2D eigenvalue weighted by molar-refractivity contribution is 0.158. The van der Waals surface area contributed by atoms with Gasteiger partial charge in [0.05, 0.1) is 12.2 Å². The molecule has 0 aliphatic rings. The Hall–Kier alpha value is -2.45. The molecule has 0 radical (unpaired) electrons. The zero-order valence-corrected chi connectivity index (χ0v) is 12.7. The number of para-hydroxylation sites is 1. The van der Waals surface area contributed by atoms with E-state index in [-0.39, 0.29) is 19.0 Å². The van der Waals surface area contributed by atoms with Crippen LogP contribution in [0, 0.1) is 0 Å². The van der Waals surface area contributed by atoms with Crippen LogP contribution in [0.25, 0.3) is 0 Å². The number of methoxy groups -OCH3 is 1. The van der Waals surface area contributed by atoms with Crippen molar-refractivity contribution in [2.24, 2.45) is 0 Å².